The lowest BCUT2D eigenvalue weighted by Crippen LogP contribution is -2.45. The molecule has 5 N–H and O–H groups in total. The molecule has 0 aromatic rings. The van der Waals surface area contributed by atoms with Crippen LogP contribution >= 0.6 is 0 Å². The third kappa shape index (κ3) is 6.09. The Balaban J connectivity index is 1.84. The first-order valence-electron chi connectivity index (χ1n) is 9.08. The average molecular weight is 374 g/mol. The molecular weight excluding hydrogens is 348 g/mol. The van der Waals surface area contributed by atoms with E-state index in [4.69, 9.17) is 5.73 Å². The number of carbonyl (C=O) groups is 4. The molecule has 0 saturated heterocycles. The Morgan fingerprint density at radius 1 is 1.41 bits per heavy atom. The number of nitrogens with one attached hydrogen (secondary N) is 3. The van der Waals surface area contributed by atoms with Crippen LogP contribution in [0.3, 0.4) is 0 Å². The summed E-state index contributed by atoms with van der Waals surface area (Å²) in [6.07, 6.45) is 9.88. The Bertz CT molecular complexity index is 696. The van der Waals surface area contributed by atoms with Crippen LogP contribution < -0.4 is 21.7 Å². The minimum atomic E-state index is -0.822. The second-order valence-corrected chi connectivity index (χ2v) is 6.77. The molecule has 1 aliphatic carbocycles. The first kappa shape index (κ1) is 20.4. The topological polar surface area (TPSA) is 130 Å². The molecule has 3 atom stereocenters. The summed E-state index contributed by atoms with van der Waals surface area (Å²) in [5.74, 6) is -1.54. The van der Waals surface area contributed by atoms with Crippen molar-refractivity contribution < 1.29 is 19.2 Å². The lowest BCUT2D eigenvalue weighted by molar-refractivity contribution is -0.127. The van der Waals surface area contributed by atoms with Crippen molar-refractivity contribution in [1.82, 2.24) is 16.0 Å². The number of carbonyl (C=O) groups excluding carboxylic acids is 4. The van der Waals surface area contributed by atoms with Gasteiger partial charge in [0.15, 0.2) is 0 Å². The summed E-state index contributed by atoms with van der Waals surface area (Å²) in [6.45, 7) is 2.17. The Morgan fingerprint density at radius 2 is 2.19 bits per heavy atom. The Labute approximate surface area is 158 Å². The zero-order valence-corrected chi connectivity index (χ0v) is 15.4. The molecule has 1 aliphatic heterocycles. The number of primary amides is 1. The molecule has 0 spiro atoms. The molecule has 146 valence electrons. The third-order valence-corrected chi connectivity index (χ3v) is 4.67. The van der Waals surface area contributed by atoms with Crippen LogP contribution in [0.4, 0.5) is 0 Å². The van der Waals surface area contributed by atoms with Crippen molar-refractivity contribution in [2.45, 2.75) is 32.2 Å². The van der Waals surface area contributed by atoms with E-state index in [1.54, 1.807) is 13.0 Å². The van der Waals surface area contributed by atoms with E-state index in [0.717, 1.165) is 12.0 Å². The van der Waals surface area contributed by atoms with Crippen LogP contribution in [0.25, 0.3) is 0 Å². The van der Waals surface area contributed by atoms with Crippen molar-refractivity contribution in [2.24, 2.45) is 17.6 Å². The van der Waals surface area contributed by atoms with E-state index in [2.05, 4.69) is 22.0 Å². The highest BCUT2D eigenvalue weighted by Crippen LogP contribution is 2.22. The number of nitrogens with two attached hydrogens (primary N) is 1. The zero-order valence-electron chi connectivity index (χ0n) is 15.4. The predicted molar refractivity (Wildman–Crippen MR) is 100 cm³/mol. The third-order valence-electron chi connectivity index (χ3n) is 4.67. The highest BCUT2D eigenvalue weighted by atomic mass is 16.2. The lowest BCUT2D eigenvalue weighted by atomic mass is 9.95. The molecule has 2 rings (SSSR count). The summed E-state index contributed by atoms with van der Waals surface area (Å²) >= 11 is 0. The Morgan fingerprint density at radius 3 is 2.85 bits per heavy atom. The number of amides is 3. The van der Waals surface area contributed by atoms with E-state index in [1.807, 2.05) is 12.2 Å². The molecule has 0 aromatic carbocycles. The molecule has 3 amide bonds. The van der Waals surface area contributed by atoms with Crippen LogP contribution in [0.1, 0.15) is 26.2 Å². The number of rotatable bonds is 9. The van der Waals surface area contributed by atoms with Gasteiger partial charge in [-0.25, -0.2) is 0 Å². The van der Waals surface area contributed by atoms with E-state index in [-0.39, 0.29) is 18.9 Å². The summed E-state index contributed by atoms with van der Waals surface area (Å²) in [5.41, 5.74) is 6.73. The van der Waals surface area contributed by atoms with Crippen LogP contribution in [0.5, 0.6) is 0 Å². The predicted octanol–water partition coefficient (Wildman–Crippen LogP) is -0.322. The smallest absolute Gasteiger partial charge is 0.267 e. The molecule has 8 nitrogen and oxygen atoms in total. The van der Waals surface area contributed by atoms with Gasteiger partial charge < -0.3 is 26.5 Å². The van der Waals surface area contributed by atoms with Crippen LogP contribution in [0.2, 0.25) is 0 Å². The number of fused-ring (bicyclic) bond motifs is 2. The Hall–Kier alpha value is -2.90. The molecule has 2 aliphatic rings. The fourth-order valence-corrected chi connectivity index (χ4v) is 3.10. The van der Waals surface area contributed by atoms with Crippen LogP contribution in [-0.2, 0) is 19.2 Å². The molecule has 2 bridgehead atoms. The molecule has 0 saturated carbocycles. The molecule has 1 unspecified atom stereocenters. The molecule has 1 heterocycles. The summed E-state index contributed by atoms with van der Waals surface area (Å²) < 4.78 is 0. The maximum absolute atomic E-state index is 12.3. The quantitative estimate of drug-likeness (QED) is 0.411. The fourth-order valence-electron chi connectivity index (χ4n) is 3.10. The standard InChI is InChI=1S/C19H26N4O4/c1-2-14(18(20)26)8-15(11-24)23-17(25)10-22-19(27)16-7-12-4-3-5-13(6-12)9-21-16/h3-5,7,11,13-15,21H,2,6,8-10H2,1H3,(H2,20,26)(H,22,27)(H,23,25)/t13?,14-,15-/m0/s1. The van der Waals surface area contributed by atoms with Gasteiger partial charge in [-0.1, -0.05) is 25.2 Å². The van der Waals surface area contributed by atoms with Gasteiger partial charge in [0.2, 0.25) is 11.8 Å². The van der Waals surface area contributed by atoms with Gasteiger partial charge in [0.05, 0.1) is 12.6 Å². The van der Waals surface area contributed by atoms with E-state index in [0.29, 0.717) is 30.9 Å². The number of hydrogen-bond acceptors (Lipinski definition) is 5. The van der Waals surface area contributed by atoms with Crippen LogP contribution in [0.15, 0.2) is 35.6 Å². The van der Waals surface area contributed by atoms with Crippen LogP contribution in [0, 0.1) is 11.8 Å². The van der Waals surface area contributed by atoms with E-state index < -0.39 is 23.8 Å². The monoisotopic (exact) mass is 374 g/mol. The zero-order chi connectivity index (χ0) is 19.8. The van der Waals surface area contributed by atoms with Crippen molar-refractivity contribution in [3.63, 3.8) is 0 Å². The highest BCUT2D eigenvalue weighted by molar-refractivity contribution is 5.96. The van der Waals surface area contributed by atoms with Gasteiger partial charge in [0.1, 0.15) is 12.0 Å². The van der Waals surface area contributed by atoms with Crippen molar-refractivity contribution in [1.29, 1.82) is 0 Å². The van der Waals surface area contributed by atoms with Gasteiger partial charge in [-0.2, -0.15) is 0 Å². The maximum atomic E-state index is 12.3. The molecule has 0 aromatic heterocycles. The highest BCUT2D eigenvalue weighted by Gasteiger charge is 2.22. The molecule has 0 fully saturated rings. The number of allylic oxidation sites excluding steroid dienone is 4. The van der Waals surface area contributed by atoms with Gasteiger partial charge in [-0.3, -0.25) is 14.4 Å². The summed E-state index contributed by atoms with van der Waals surface area (Å²) in [6, 6.07) is -0.822. The minimum Gasteiger partial charge on any atom is -0.380 e. The van der Waals surface area contributed by atoms with Crippen molar-refractivity contribution in [3.05, 3.63) is 35.6 Å². The largest absolute Gasteiger partial charge is 0.380 e. The van der Waals surface area contributed by atoms with Gasteiger partial charge in [0, 0.05) is 12.5 Å². The summed E-state index contributed by atoms with van der Waals surface area (Å²) in [4.78, 5) is 46.8. The van der Waals surface area contributed by atoms with Crippen molar-refractivity contribution in [2.75, 3.05) is 13.1 Å². The fraction of sp³-hybridized carbons (Fsp3) is 0.474. The van der Waals surface area contributed by atoms with Crippen molar-refractivity contribution in [3.8, 4) is 0 Å². The first-order valence-corrected chi connectivity index (χ1v) is 9.08. The lowest BCUT2D eigenvalue weighted by Gasteiger charge is -2.18. The molecule has 8 heteroatoms. The molecule has 0 radical (unpaired) electrons. The van der Waals surface area contributed by atoms with E-state index in [1.165, 1.54) is 0 Å². The van der Waals surface area contributed by atoms with Gasteiger partial charge >= 0.3 is 0 Å². The van der Waals surface area contributed by atoms with Crippen LogP contribution in [-0.4, -0.2) is 43.1 Å². The SMILES string of the molecule is CC[C@@H](C[C@@H](C=O)NC(=O)CNC(=O)C1=CC2=CC=CC(CN1)C2)C(N)=O. The number of hydrogen-bond donors (Lipinski definition) is 4. The molecular formula is C19H26N4O4. The number of aldehydes is 1. The second-order valence-electron chi connectivity index (χ2n) is 6.77. The normalized spacial score (nSPS) is 20.1. The van der Waals surface area contributed by atoms with E-state index >= 15 is 0 Å². The summed E-state index contributed by atoms with van der Waals surface area (Å²) in [5, 5.41) is 8.14. The van der Waals surface area contributed by atoms with Gasteiger partial charge in [-0.05, 0) is 36.8 Å². The van der Waals surface area contributed by atoms with E-state index in [9.17, 15) is 19.2 Å². The Kier molecular flexibility index (Phi) is 7.34. The van der Waals surface area contributed by atoms with Crippen molar-refractivity contribution >= 4 is 24.0 Å². The molecule has 27 heavy (non-hydrogen) atoms. The average Bonchev–Trinajstić information content (AvgIpc) is 2.80. The second kappa shape index (κ2) is 9.70. The minimum absolute atomic E-state index is 0.143. The maximum Gasteiger partial charge on any atom is 0.267 e. The first-order chi connectivity index (χ1) is 12.9. The van der Waals surface area contributed by atoms with Gasteiger partial charge in [0.25, 0.3) is 5.91 Å². The van der Waals surface area contributed by atoms with Gasteiger partial charge in [-0.15, -0.1) is 0 Å². The summed E-state index contributed by atoms with van der Waals surface area (Å²) in [7, 11) is 0.